The van der Waals surface area contributed by atoms with Crippen LogP contribution >= 0.6 is 0 Å². The molecule has 3 aromatic rings. The standard InChI is InChI=1S/C65H92F2N14O15/c1-45-12-14-47(15-13-45)9-7-11-55(82)72-46(2)69-19-6-5-10-53(73-56(83)40-76-22-24-77(41-58(85)86)26-28-79(43-60(89)90)29-27-78(25-23-76)42-59(87)88)63(93)74-54(36-61(91)95-4)64(94)80-32-30-75(31-33-80)21-8-34-96-49-16-17-52-51(35-49)50(18-20-70-52)62(92)71-39-57(84)81-44-65(66,67)37-48(81)38-68-3/h12-18,20,35,38,48,53-54H,5-11,19,21-34,36-37,39-44H2,1-4H3,(H,71,92)(H,73,83)(H,74,93)(H,85,86)(H,87,88)(H,89,90)(H,69,72,82)/t48-,53+,54+/m1/s1. The van der Waals surface area contributed by atoms with E-state index in [2.05, 4.69) is 41.1 Å². The summed E-state index contributed by atoms with van der Waals surface area (Å²) in [5.74, 6) is -9.75. The molecule has 3 fully saturated rings. The molecule has 6 amide bonds. The first-order chi connectivity index (χ1) is 45.9. The van der Waals surface area contributed by atoms with Gasteiger partial charge in [0.1, 0.15) is 17.8 Å². The number of aryl methyl sites for hydroxylation is 2. The molecule has 3 aliphatic rings. The number of rotatable bonds is 32. The van der Waals surface area contributed by atoms with Gasteiger partial charge >= 0.3 is 23.9 Å². The number of benzene rings is 2. The Hall–Kier alpha value is -8.65. The summed E-state index contributed by atoms with van der Waals surface area (Å²) in [5.41, 5.74) is 2.96. The van der Waals surface area contributed by atoms with Gasteiger partial charge in [0.25, 0.3) is 11.8 Å². The Balaban J connectivity index is 1.06. The Kier molecular flexibility index (Phi) is 30.9. The lowest BCUT2D eigenvalue weighted by Crippen LogP contribution is -2.58. The van der Waals surface area contributed by atoms with Gasteiger partial charge < -0.3 is 55.9 Å². The average molecular weight is 1350 g/mol. The Bertz CT molecular complexity index is 3180. The predicted octanol–water partition coefficient (Wildman–Crippen LogP) is 0.859. The van der Waals surface area contributed by atoms with Gasteiger partial charge in [-0.25, -0.2) is 8.78 Å². The average Bonchev–Trinajstić information content (AvgIpc) is 1.28. The summed E-state index contributed by atoms with van der Waals surface area (Å²) in [6.07, 6.45) is 4.67. The Morgan fingerprint density at radius 1 is 0.729 bits per heavy atom. The maximum absolute atomic E-state index is 14.5. The van der Waals surface area contributed by atoms with Crippen molar-refractivity contribution >= 4 is 82.3 Å². The van der Waals surface area contributed by atoms with E-state index in [0.29, 0.717) is 74.2 Å². The van der Waals surface area contributed by atoms with Gasteiger partial charge in [0.15, 0.2) is 0 Å². The van der Waals surface area contributed by atoms with Crippen LogP contribution in [0.4, 0.5) is 8.78 Å². The third kappa shape index (κ3) is 26.5. The number of alkyl halides is 2. The molecule has 7 N–H and O–H groups in total. The summed E-state index contributed by atoms with van der Waals surface area (Å²) in [6, 6.07) is 11.1. The number of halogens is 2. The van der Waals surface area contributed by atoms with Crippen LogP contribution in [0.5, 0.6) is 5.75 Å². The second-order valence-electron chi connectivity index (χ2n) is 24.2. The maximum Gasteiger partial charge on any atom is 0.317 e. The van der Waals surface area contributed by atoms with Crippen molar-refractivity contribution in [2.75, 3.05) is 152 Å². The van der Waals surface area contributed by atoms with Crippen LogP contribution in [0.15, 0.2) is 64.7 Å². The topological polar surface area (TPSA) is 358 Å². The number of esters is 1. The fraction of sp³-hybridized carbons (Fsp3) is 0.585. The van der Waals surface area contributed by atoms with Crippen LogP contribution in [0.3, 0.4) is 0 Å². The molecule has 0 aliphatic carbocycles. The summed E-state index contributed by atoms with van der Waals surface area (Å²) < 4.78 is 39.4. The van der Waals surface area contributed by atoms with E-state index in [1.165, 1.54) is 30.4 Å². The number of amides is 6. The minimum Gasteiger partial charge on any atom is -0.494 e. The van der Waals surface area contributed by atoms with Crippen LogP contribution < -0.4 is 26.0 Å². The number of ether oxygens (including phenoxy) is 2. The summed E-state index contributed by atoms with van der Waals surface area (Å²) in [5, 5.41) is 40.4. The molecular formula is C65H92F2N14O15. The van der Waals surface area contributed by atoms with Crippen molar-refractivity contribution < 1.29 is 81.5 Å². The molecule has 3 aliphatic heterocycles. The van der Waals surface area contributed by atoms with Crippen LogP contribution in [0, 0.1) is 6.92 Å². The van der Waals surface area contributed by atoms with Gasteiger partial charge in [0.05, 0.1) is 82.4 Å². The molecule has 3 saturated heterocycles. The number of nitrogens with one attached hydrogen (secondary N) is 4. The molecule has 2 aromatic carbocycles. The number of piperazine rings is 1. The molecular weight excluding hydrogens is 1250 g/mol. The zero-order chi connectivity index (χ0) is 69.7. The van der Waals surface area contributed by atoms with E-state index in [4.69, 9.17) is 9.47 Å². The number of carbonyl (C=O) groups is 10. The normalized spacial score (nSPS) is 18.0. The van der Waals surface area contributed by atoms with Gasteiger partial charge in [0.2, 0.25) is 29.5 Å². The third-order valence-corrected chi connectivity index (χ3v) is 16.7. The number of hydrogen-bond donors (Lipinski definition) is 7. The van der Waals surface area contributed by atoms with Crippen molar-refractivity contribution in [2.24, 2.45) is 9.98 Å². The predicted molar refractivity (Wildman–Crippen MR) is 350 cm³/mol. The monoisotopic (exact) mass is 1350 g/mol. The van der Waals surface area contributed by atoms with E-state index < -0.39 is 103 Å². The lowest BCUT2D eigenvalue weighted by Gasteiger charge is -2.36. The number of likely N-dealkylation sites (tertiary alicyclic amines) is 1. The van der Waals surface area contributed by atoms with Crippen molar-refractivity contribution in [3.63, 3.8) is 0 Å². The first kappa shape index (κ1) is 76.4. The van der Waals surface area contributed by atoms with Crippen LogP contribution in [-0.2, 0) is 54.3 Å². The lowest BCUT2D eigenvalue weighted by molar-refractivity contribution is -0.147. The molecule has 0 saturated carbocycles. The smallest absolute Gasteiger partial charge is 0.317 e. The highest BCUT2D eigenvalue weighted by molar-refractivity contribution is 6.07. The third-order valence-electron chi connectivity index (χ3n) is 16.7. The van der Waals surface area contributed by atoms with Crippen molar-refractivity contribution in [2.45, 2.75) is 95.7 Å². The molecule has 31 heteroatoms. The van der Waals surface area contributed by atoms with Crippen molar-refractivity contribution in [3.8, 4) is 5.75 Å². The van der Waals surface area contributed by atoms with Gasteiger partial charge in [-0.15, -0.1) is 0 Å². The first-order valence-corrected chi connectivity index (χ1v) is 32.4. The van der Waals surface area contributed by atoms with Crippen LogP contribution in [0.1, 0.15) is 79.8 Å². The van der Waals surface area contributed by atoms with E-state index in [0.717, 1.165) is 29.6 Å². The van der Waals surface area contributed by atoms with E-state index in [-0.39, 0.29) is 123 Å². The zero-order valence-corrected chi connectivity index (χ0v) is 55.2. The molecule has 3 atom stereocenters. The fourth-order valence-electron chi connectivity index (χ4n) is 11.5. The number of nitrogens with zero attached hydrogens (tertiary/aromatic N) is 10. The van der Waals surface area contributed by atoms with Crippen molar-refractivity contribution in [1.82, 2.24) is 60.6 Å². The number of methoxy groups -OCH3 is 1. The van der Waals surface area contributed by atoms with E-state index in [1.54, 1.807) is 44.7 Å². The van der Waals surface area contributed by atoms with Gasteiger partial charge in [-0.3, -0.25) is 87.4 Å². The highest BCUT2D eigenvalue weighted by atomic mass is 19.3. The van der Waals surface area contributed by atoms with Crippen LogP contribution in [0.25, 0.3) is 10.9 Å². The highest BCUT2D eigenvalue weighted by Crippen LogP contribution is 2.31. The molecule has 96 heavy (non-hydrogen) atoms. The largest absolute Gasteiger partial charge is 0.494 e. The number of fused-ring (bicyclic) bond motifs is 1. The molecule has 29 nitrogen and oxygen atoms in total. The van der Waals surface area contributed by atoms with Gasteiger partial charge in [-0.2, -0.15) is 0 Å². The second-order valence-corrected chi connectivity index (χ2v) is 24.2. The number of amidine groups is 1. The molecule has 0 radical (unpaired) electrons. The molecule has 0 unspecified atom stereocenters. The van der Waals surface area contributed by atoms with E-state index >= 15 is 0 Å². The minimum atomic E-state index is -3.08. The maximum atomic E-state index is 14.5. The second kappa shape index (κ2) is 38.8. The Morgan fingerprint density at radius 2 is 1.33 bits per heavy atom. The SMILES string of the molecule is CN=C[C@H]1CC(F)(F)CN1C(=O)CNC(=O)c1ccnc2ccc(OCCCN3CCN(C(=O)[C@H](CC(=O)OC)NC(=O)[C@H](CCCCN=C(C)NC(=O)CCCc4ccc(C)cc4)NC(=O)CN4CCN(CC(=O)O)CCN(CC(=O)O)CCN(CC(=O)O)CC4)CC3)cc12. The number of hydrogen-bond acceptors (Lipinski definition) is 20. The zero-order valence-electron chi connectivity index (χ0n) is 55.2. The number of aliphatic carboxylic acids is 3. The Morgan fingerprint density at radius 3 is 1.93 bits per heavy atom. The quantitative estimate of drug-likeness (QED) is 0.0197. The van der Waals surface area contributed by atoms with Crippen molar-refractivity contribution in [3.05, 3.63) is 71.4 Å². The van der Waals surface area contributed by atoms with E-state index in [9.17, 15) is 72.0 Å². The number of aromatic nitrogens is 1. The number of unbranched alkanes of at least 4 members (excludes halogenated alkanes) is 1. The van der Waals surface area contributed by atoms with E-state index in [1.807, 2.05) is 31.2 Å². The molecule has 4 heterocycles. The summed E-state index contributed by atoms with van der Waals surface area (Å²) >= 11 is 0. The number of carboxylic acid groups (broad SMARTS) is 3. The molecule has 0 spiro atoms. The number of pyridine rings is 1. The van der Waals surface area contributed by atoms with Gasteiger partial charge in [-0.05, 0) is 82.2 Å². The molecule has 0 bridgehead atoms. The summed E-state index contributed by atoms with van der Waals surface area (Å²) in [6.45, 7) is 4.59. The minimum absolute atomic E-state index is 0.0503. The lowest BCUT2D eigenvalue weighted by atomic mass is 10.1. The molecule has 1 aromatic heterocycles. The van der Waals surface area contributed by atoms with Crippen LogP contribution in [-0.4, -0.2) is 302 Å². The van der Waals surface area contributed by atoms with Crippen molar-refractivity contribution in [1.29, 1.82) is 0 Å². The molecule has 6 rings (SSSR count). The summed E-state index contributed by atoms with van der Waals surface area (Å²) in [7, 11) is 2.58. The first-order valence-electron chi connectivity index (χ1n) is 32.4. The summed E-state index contributed by atoms with van der Waals surface area (Å²) in [4.78, 5) is 155. The number of carboxylic acids is 3. The number of aliphatic imine (C=N–C) groups is 2. The number of carbonyl (C=O) groups excluding carboxylic acids is 7. The highest BCUT2D eigenvalue weighted by Gasteiger charge is 2.46. The van der Waals surface area contributed by atoms with Crippen LogP contribution in [0.2, 0.25) is 0 Å². The Labute approximate surface area is 556 Å². The van der Waals surface area contributed by atoms with Gasteiger partial charge in [0, 0.05) is 129 Å². The fourth-order valence-corrected chi connectivity index (χ4v) is 11.5. The van der Waals surface area contributed by atoms with Gasteiger partial charge in [-0.1, -0.05) is 29.8 Å². The molecule has 526 valence electrons.